The second kappa shape index (κ2) is 6.80. The van der Waals surface area contributed by atoms with Crippen LogP contribution in [0.2, 0.25) is 4.78 Å². The van der Waals surface area contributed by atoms with E-state index in [4.69, 9.17) is 0 Å². The second-order valence-corrected chi connectivity index (χ2v) is 3.97. The van der Waals surface area contributed by atoms with Crippen molar-refractivity contribution in [3.05, 3.63) is 0 Å². The Labute approximate surface area is 84.4 Å². The molecule has 0 N–H and O–H groups in total. The summed E-state index contributed by atoms with van der Waals surface area (Å²) in [4.78, 5) is 0. The summed E-state index contributed by atoms with van der Waals surface area (Å²) in [6.45, 7) is 2.36. The maximum Gasteiger partial charge on any atom is 0.123 e. The summed E-state index contributed by atoms with van der Waals surface area (Å²) in [5, 5.41) is 0. The molecule has 2 unspecified atom stereocenters. The third-order valence-electron chi connectivity index (χ3n) is 1.98. The molecule has 1 rings (SSSR count). The van der Waals surface area contributed by atoms with Crippen molar-refractivity contribution in [2.24, 2.45) is 5.92 Å². The van der Waals surface area contributed by atoms with Crippen LogP contribution in [0, 0.1) is 5.92 Å². The average molecular weight is 197 g/mol. The first-order valence-corrected chi connectivity index (χ1v) is 4.21. The summed E-state index contributed by atoms with van der Waals surface area (Å²) >= 11 is 2.93. The van der Waals surface area contributed by atoms with Crippen molar-refractivity contribution in [3.63, 3.8) is 0 Å². The van der Waals surface area contributed by atoms with E-state index in [1.54, 1.807) is 0 Å². The van der Waals surface area contributed by atoms with Crippen molar-refractivity contribution in [2.45, 2.75) is 37.4 Å². The van der Waals surface area contributed by atoms with E-state index in [0.717, 1.165) is 10.7 Å². The van der Waals surface area contributed by atoms with E-state index >= 15 is 0 Å². The van der Waals surface area contributed by atoms with E-state index in [9.17, 15) is 0 Å². The van der Waals surface area contributed by atoms with Gasteiger partial charge in [-0.15, -0.1) is 29.6 Å². The first kappa shape index (κ1) is 13.7. The van der Waals surface area contributed by atoms with Gasteiger partial charge in [0.05, 0.1) is 0 Å². The van der Waals surface area contributed by atoms with Gasteiger partial charge in [-0.05, 0) is 5.92 Å². The molecule has 0 aromatic heterocycles. The highest BCUT2D eigenvalue weighted by atomic mass is 35.5. The lowest BCUT2D eigenvalue weighted by molar-refractivity contribution is 0.386. The molecule has 0 nitrogen and oxygen atoms in total. The Morgan fingerprint density at radius 3 is 2.10 bits per heavy atom. The van der Waals surface area contributed by atoms with Crippen LogP contribution in [0.15, 0.2) is 0 Å². The lowest BCUT2D eigenvalue weighted by Gasteiger charge is -2.23. The largest absolute Gasteiger partial charge is 0.147 e. The molecule has 0 aliphatic heterocycles. The van der Waals surface area contributed by atoms with Crippen molar-refractivity contribution in [1.82, 2.24) is 0 Å². The van der Waals surface area contributed by atoms with Crippen LogP contribution >= 0.6 is 24.8 Å². The molecular formula is C7H15AlCl2. The highest BCUT2D eigenvalue weighted by Gasteiger charge is 2.12. The normalized spacial score (nSPS) is 31.7. The van der Waals surface area contributed by atoms with Gasteiger partial charge in [0.2, 0.25) is 0 Å². The zero-order valence-electron chi connectivity index (χ0n) is 6.38. The Bertz CT molecular complexity index is 70.0. The molecule has 1 saturated carbocycles. The zero-order valence-corrected chi connectivity index (χ0v) is 9.16. The Kier molecular flexibility index (Phi) is 9.31. The molecule has 0 saturated heterocycles. The fourth-order valence-electron chi connectivity index (χ4n) is 1.48. The molecule has 10 heavy (non-hydrogen) atoms. The Morgan fingerprint density at radius 2 is 1.80 bits per heavy atom. The number of rotatable bonds is 0. The zero-order chi connectivity index (χ0) is 5.98. The van der Waals surface area contributed by atoms with E-state index in [0.29, 0.717) is 0 Å². The van der Waals surface area contributed by atoms with Gasteiger partial charge in [-0.1, -0.05) is 32.6 Å². The van der Waals surface area contributed by atoms with Gasteiger partial charge >= 0.3 is 0 Å². The first-order valence-electron chi connectivity index (χ1n) is 3.54. The van der Waals surface area contributed by atoms with Gasteiger partial charge in [-0.2, -0.15) is 0 Å². The van der Waals surface area contributed by atoms with Crippen LogP contribution < -0.4 is 0 Å². The Morgan fingerprint density at radius 1 is 1.20 bits per heavy atom. The monoisotopic (exact) mass is 196 g/mol. The molecule has 3 heteroatoms. The fraction of sp³-hybridized carbons (Fsp3) is 1.00. The van der Waals surface area contributed by atoms with E-state index < -0.39 is 0 Å². The van der Waals surface area contributed by atoms with Crippen molar-refractivity contribution < 1.29 is 0 Å². The van der Waals surface area contributed by atoms with Gasteiger partial charge in [-0.25, -0.2) is 0 Å². The fourth-order valence-corrected chi connectivity index (χ4v) is 2.18. The number of hydrogen-bond donors (Lipinski definition) is 0. The third kappa shape index (κ3) is 4.86. The van der Waals surface area contributed by atoms with E-state index in [2.05, 4.69) is 23.2 Å². The number of hydrogen-bond acceptors (Lipinski definition) is 0. The molecule has 0 heterocycles. The lowest BCUT2D eigenvalue weighted by atomic mass is 9.90. The molecule has 1 aliphatic rings. The summed E-state index contributed by atoms with van der Waals surface area (Å²) in [6, 6.07) is 0. The molecule has 2 radical (unpaired) electrons. The smallest absolute Gasteiger partial charge is 0.123 e. The summed E-state index contributed by atoms with van der Waals surface area (Å²) in [6.07, 6.45) is 5.79. The average Bonchev–Trinajstić information content (AvgIpc) is 1.64. The van der Waals surface area contributed by atoms with Gasteiger partial charge in [0.15, 0.2) is 0 Å². The predicted molar refractivity (Wildman–Crippen MR) is 51.6 cm³/mol. The molecular weight excluding hydrogens is 182 g/mol. The minimum absolute atomic E-state index is 0. The maximum absolute atomic E-state index is 2.93. The highest BCUT2D eigenvalue weighted by Crippen LogP contribution is 2.29. The molecule has 0 spiro atoms. The molecule has 1 fully saturated rings. The van der Waals surface area contributed by atoms with Crippen LogP contribution in [-0.2, 0) is 0 Å². The van der Waals surface area contributed by atoms with Crippen LogP contribution in [0.1, 0.15) is 32.6 Å². The summed E-state index contributed by atoms with van der Waals surface area (Å²) in [5.41, 5.74) is 0. The highest BCUT2D eigenvalue weighted by molar-refractivity contribution is 6.11. The molecule has 0 aromatic rings. The van der Waals surface area contributed by atoms with E-state index in [-0.39, 0.29) is 24.8 Å². The molecule has 0 bridgehead atoms. The summed E-state index contributed by atoms with van der Waals surface area (Å²) in [5.74, 6) is 0.992. The maximum atomic E-state index is 2.93. The summed E-state index contributed by atoms with van der Waals surface area (Å²) < 4.78 is 0.929. The molecule has 2 atom stereocenters. The minimum Gasteiger partial charge on any atom is -0.147 e. The van der Waals surface area contributed by atoms with Gasteiger partial charge < -0.3 is 0 Å². The molecule has 0 amide bonds. The second-order valence-electron chi connectivity index (χ2n) is 3.03. The van der Waals surface area contributed by atoms with Crippen LogP contribution in [0.3, 0.4) is 0 Å². The van der Waals surface area contributed by atoms with E-state index in [1.165, 1.54) is 25.7 Å². The first-order chi connectivity index (χ1) is 3.79. The standard InChI is InChI=1S/C7H13.Al.2ClH/c1-7-5-3-2-4-6-7;;;/h3,7H,2,4-6H2,1H3;;2*1H. The third-order valence-corrected chi connectivity index (χ3v) is 2.58. The van der Waals surface area contributed by atoms with Crippen molar-refractivity contribution in [3.8, 4) is 0 Å². The van der Waals surface area contributed by atoms with Gasteiger partial charge in [0.1, 0.15) is 16.3 Å². The molecule has 60 valence electrons. The number of halogens is 2. The minimum atomic E-state index is 0. The SMILES string of the molecule is CC1CCC[CH]([Al])C1.Cl.Cl. The topological polar surface area (TPSA) is 0 Å². The van der Waals surface area contributed by atoms with Crippen LogP contribution in [0.4, 0.5) is 0 Å². The van der Waals surface area contributed by atoms with Gasteiger partial charge in [0, 0.05) is 0 Å². The Hall–Kier alpha value is 1.11. The van der Waals surface area contributed by atoms with Crippen molar-refractivity contribution >= 4 is 41.1 Å². The van der Waals surface area contributed by atoms with Crippen molar-refractivity contribution in [1.29, 1.82) is 0 Å². The van der Waals surface area contributed by atoms with Crippen LogP contribution in [0.5, 0.6) is 0 Å². The quantitative estimate of drug-likeness (QED) is 0.523. The van der Waals surface area contributed by atoms with Gasteiger partial charge in [0.25, 0.3) is 0 Å². The van der Waals surface area contributed by atoms with Crippen LogP contribution in [-0.4, -0.2) is 16.3 Å². The predicted octanol–water partition coefficient (Wildman–Crippen LogP) is 3.00. The van der Waals surface area contributed by atoms with Gasteiger partial charge in [-0.3, -0.25) is 0 Å². The van der Waals surface area contributed by atoms with Crippen molar-refractivity contribution in [2.75, 3.05) is 0 Å². The van der Waals surface area contributed by atoms with Crippen LogP contribution in [0.25, 0.3) is 0 Å². The Balaban J connectivity index is 0. The van der Waals surface area contributed by atoms with E-state index in [1.807, 2.05) is 0 Å². The molecule has 1 aliphatic carbocycles. The summed E-state index contributed by atoms with van der Waals surface area (Å²) in [7, 11) is 0. The lowest BCUT2D eigenvalue weighted by Crippen LogP contribution is -2.07. The molecule has 0 aromatic carbocycles.